The summed E-state index contributed by atoms with van der Waals surface area (Å²) in [6.45, 7) is 0. The van der Waals surface area contributed by atoms with Crippen LogP contribution in [0.5, 0.6) is 0 Å². The Morgan fingerprint density at radius 2 is 1.61 bits per heavy atom. The molecule has 1 aliphatic rings. The first-order valence-corrected chi connectivity index (χ1v) is 10.9. The van der Waals surface area contributed by atoms with Crippen LogP contribution in [0, 0.1) is 5.82 Å². The van der Waals surface area contributed by atoms with Gasteiger partial charge >= 0.3 is 0 Å². The molecular formula is C26H25FN4. The first-order chi connectivity index (χ1) is 15.3. The fourth-order valence-corrected chi connectivity index (χ4v) is 4.42. The Kier molecular flexibility index (Phi) is 5.48. The fourth-order valence-electron chi connectivity index (χ4n) is 4.42. The van der Waals surface area contributed by atoms with Gasteiger partial charge in [0.25, 0.3) is 0 Å². The van der Waals surface area contributed by atoms with Crippen LogP contribution in [0.4, 0.5) is 15.9 Å². The summed E-state index contributed by atoms with van der Waals surface area (Å²) in [5.74, 6) is 0.542. The van der Waals surface area contributed by atoms with Crippen LogP contribution in [0.25, 0.3) is 22.5 Å². The van der Waals surface area contributed by atoms with Gasteiger partial charge in [0.1, 0.15) is 11.6 Å². The number of para-hydroxylation sites is 1. The minimum atomic E-state index is -0.240. The van der Waals surface area contributed by atoms with Gasteiger partial charge in [-0.2, -0.15) is 0 Å². The lowest BCUT2D eigenvalue weighted by molar-refractivity contribution is 0.355. The number of anilines is 2. The summed E-state index contributed by atoms with van der Waals surface area (Å²) in [4.78, 5) is 9.29. The van der Waals surface area contributed by atoms with Crippen LogP contribution in [0.2, 0.25) is 0 Å². The van der Waals surface area contributed by atoms with E-state index in [0.717, 1.165) is 46.9 Å². The SMILES string of the molecule is Fc1ccc(-c2ncn(C3CCCCC3)c2-c2ccnc(Nc3ccccc3)c2)cc1. The lowest BCUT2D eigenvalue weighted by Gasteiger charge is -2.25. The van der Waals surface area contributed by atoms with Crippen molar-refractivity contribution in [3.8, 4) is 22.5 Å². The molecule has 31 heavy (non-hydrogen) atoms. The van der Waals surface area contributed by atoms with Crippen LogP contribution in [-0.2, 0) is 0 Å². The molecule has 0 bridgehead atoms. The summed E-state index contributed by atoms with van der Waals surface area (Å²) in [5.41, 5.74) is 4.90. The number of nitrogens with zero attached hydrogens (tertiary/aromatic N) is 3. The standard InChI is InChI=1S/C26H25FN4/c27-21-13-11-19(12-14-21)25-26(31(18-29-25)23-9-5-2-6-10-23)20-15-16-28-24(17-20)30-22-7-3-1-4-8-22/h1,3-4,7-8,11-18,23H,2,5-6,9-10H2,(H,28,30). The molecule has 0 amide bonds. The number of halogens is 1. The number of aromatic nitrogens is 3. The highest BCUT2D eigenvalue weighted by atomic mass is 19.1. The fraction of sp³-hybridized carbons (Fsp3) is 0.231. The number of hydrogen-bond donors (Lipinski definition) is 1. The van der Waals surface area contributed by atoms with Crippen LogP contribution < -0.4 is 5.32 Å². The maximum Gasteiger partial charge on any atom is 0.130 e. The molecule has 0 aliphatic heterocycles. The predicted octanol–water partition coefficient (Wildman–Crippen LogP) is 7.00. The van der Waals surface area contributed by atoms with E-state index in [0.29, 0.717) is 6.04 Å². The summed E-state index contributed by atoms with van der Waals surface area (Å²) in [6.07, 6.45) is 9.88. The van der Waals surface area contributed by atoms with Gasteiger partial charge in [-0.25, -0.2) is 14.4 Å². The van der Waals surface area contributed by atoms with Crippen molar-refractivity contribution in [2.45, 2.75) is 38.1 Å². The van der Waals surface area contributed by atoms with E-state index in [1.165, 1.54) is 31.4 Å². The second-order valence-electron chi connectivity index (χ2n) is 8.07. The van der Waals surface area contributed by atoms with Crippen LogP contribution in [0.15, 0.2) is 79.3 Å². The average Bonchev–Trinajstić information content (AvgIpc) is 3.26. The average molecular weight is 413 g/mol. The van der Waals surface area contributed by atoms with Crippen LogP contribution in [-0.4, -0.2) is 14.5 Å². The summed E-state index contributed by atoms with van der Waals surface area (Å²) < 4.78 is 15.9. The lowest BCUT2D eigenvalue weighted by Crippen LogP contribution is -2.13. The van der Waals surface area contributed by atoms with E-state index in [2.05, 4.69) is 20.9 Å². The molecule has 0 spiro atoms. The Bertz CT molecular complexity index is 1150. The minimum Gasteiger partial charge on any atom is -0.340 e. The Balaban J connectivity index is 1.58. The Morgan fingerprint density at radius 1 is 0.839 bits per heavy atom. The lowest BCUT2D eigenvalue weighted by atomic mass is 9.94. The van der Waals surface area contributed by atoms with Gasteiger partial charge in [-0.3, -0.25) is 0 Å². The van der Waals surface area contributed by atoms with Gasteiger partial charge in [0.15, 0.2) is 0 Å². The van der Waals surface area contributed by atoms with Crippen molar-refractivity contribution in [3.05, 3.63) is 85.1 Å². The molecule has 0 unspecified atom stereocenters. The third kappa shape index (κ3) is 4.22. The Labute approximate surface area is 181 Å². The van der Waals surface area contributed by atoms with E-state index in [4.69, 9.17) is 4.98 Å². The number of hydrogen-bond acceptors (Lipinski definition) is 3. The summed E-state index contributed by atoms with van der Waals surface area (Å²) >= 11 is 0. The van der Waals surface area contributed by atoms with Gasteiger partial charge in [-0.05, 0) is 61.4 Å². The Hall–Kier alpha value is -3.47. The molecule has 156 valence electrons. The maximum absolute atomic E-state index is 13.5. The third-order valence-corrected chi connectivity index (χ3v) is 5.96. The molecule has 4 nitrogen and oxygen atoms in total. The van der Waals surface area contributed by atoms with Crippen LogP contribution in [0.1, 0.15) is 38.1 Å². The van der Waals surface area contributed by atoms with Crippen LogP contribution >= 0.6 is 0 Å². The quantitative estimate of drug-likeness (QED) is 0.384. The van der Waals surface area contributed by atoms with E-state index in [1.54, 1.807) is 12.1 Å². The molecule has 2 heterocycles. The summed E-state index contributed by atoms with van der Waals surface area (Å²) in [5, 5.41) is 3.38. The maximum atomic E-state index is 13.5. The molecule has 1 N–H and O–H groups in total. The first kappa shape index (κ1) is 19.5. The molecule has 1 aliphatic carbocycles. The summed E-state index contributed by atoms with van der Waals surface area (Å²) in [7, 11) is 0. The molecular weight excluding hydrogens is 387 g/mol. The molecule has 1 saturated carbocycles. The predicted molar refractivity (Wildman–Crippen MR) is 123 cm³/mol. The van der Waals surface area contributed by atoms with Gasteiger partial charge < -0.3 is 9.88 Å². The topological polar surface area (TPSA) is 42.7 Å². The van der Waals surface area contributed by atoms with Crippen molar-refractivity contribution in [2.24, 2.45) is 0 Å². The molecule has 5 rings (SSSR count). The monoisotopic (exact) mass is 412 g/mol. The molecule has 5 heteroatoms. The number of rotatable bonds is 5. The van der Waals surface area contributed by atoms with Crippen molar-refractivity contribution in [2.75, 3.05) is 5.32 Å². The van der Waals surface area contributed by atoms with E-state index in [-0.39, 0.29) is 5.82 Å². The molecule has 4 aromatic rings. The minimum absolute atomic E-state index is 0.240. The van der Waals surface area contributed by atoms with E-state index < -0.39 is 0 Å². The van der Waals surface area contributed by atoms with Gasteiger partial charge in [-0.15, -0.1) is 0 Å². The first-order valence-electron chi connectivity index (χ1n) is 10.9. The largest absolute Gasteiger partial charge is 0.340 e. The van der Waals surface area contributed by atoms with Crippen molar-refractivity contribution in [1.29, 1.82) is 0 Å². The van der Waals surface area contributed by atoms with E-state index in [9.17, 15) is 4.39 Å². The van der Waals surface area contributed by atoms with Gasteiger partial charge in [0.05, 0.1) is 17.7 Å². The highest BCUT2D eigenvalue weighted by Gasteiger charge is 2.22. The zero-order chi connectivity index (χ0) is 21.0. The highest BCUT2D eigenvalue weighted by molar-refractivity contribution is 5.80. The van der Waals surface area contributed by atoms with Gasteiger partial charge in [-0.1, -0.05) is 37.5 Å². The van der Waals surface area contributed by atoms with E-state index in [1.807, 2.05) is 48.9 Å². The molecule has 2 aromatic carbocycles. The zero-order valence-corrected chi connectivity index (χ0v) is 17.3. The Morgan fingerprint density at radius 3 is 2.39 bits per heavy atom. The van der Waals surface area contributed by atoms with Gasteiger partial charge in [0.2, 0.25) is 0 Å². The zero-order valence-electron chi connectivity index (χ0n) is 17.3. The number of pyridine rings is 1. The molecule has 2 aromatic heterocycles. The molecule has 0 atom stereocenters. The number of imidazole rings is 1. The van der Waals surface area contributed by atoms with Crippen molar-refractivity contribution >= 4 is 11.5 Å². The van der Waals surface area contributed by atoms with Crippen molar-refractivity contribution in [1.82, 2.24) is 14.5 Å². The molecule has 0 radical (unpaired) electrons. The third-order valence-electron chi connectivity index (χ3n) is 5.96. The van der Waals surface area contributed by atoms with Crippen molar-refractivity contribution in [3.63, 3.8) is 0 Å². The van der Waals surface area contributed by atoms with Gasteiger partial charge in [0, 0.05) is 29.1 Å². The van der Waals surface area contributed by atoms with Crippen molar-refractivity contribution < 1.29 is 4.39 Å². The van der Waals surface area contributed by atoms with Crippen LogP contribution in [0.3, 0.4) is 0 Å². The summed E-state index contributed by atoms with van der Waals surface area (Å²) in [6, 6.07) is 21.1. The number of benzene rings is 2. The normalized spacial score (nSPS) is 14.5. The molecule has 1 fully saturated rings. The second kappa shape index (κ2) is 8.72. The number of nitrogens with one attached hydrogen (secondary N) is 1. The van der Waals surface area contributed by atoms with E-state index >= 15 is 0 Å². The highest BCUT2D eigenvalue weighted by Crippen LogP contribution is 2.38. The smallest absolute Gasteiger partial charge is 0.130 e. The second-order valence-corrected chi connectivity index (χ2v) is 8.07. The molecule has 0 saturated heterocycles.